The first kappa shape index (κ1) is 13.9. The van der Waals surface area contributed by atoms with E-state index in [1.807, 2.05) is 0 Å². The highest BCUT2D eigenvalue weighted by Crippen LogP contribution is 2.12. The molecule has 0 spiro atoms. The lowest BCUT2D eigenvalue weighted by Gasteiger charge is -2.34. The van der Waals surface area contributed by atoms with Crippen molar-refractivity contribution in [2.75, 3.05) is 6.54 Å². The van der Waals surface area contributed by atoms with Crippen LogP contribution in [-0.2, 0) is 11.3 Å². The molecule has 8 nitrogen and oxygen atoms in total. The van der Waals surface area contributed by atoms with E-state index in [-0.39, 0.29) is 13.1 Å². The van der Waals surface area contributed by atoms with Crippen molar-refractivity contribution in [2.45, 2.75) is 32.9 Å². The summed E-state index contributed by atoms with van der Waals surface area (Å²) >= 11 is 0. The molecule has 0 aliphatic heterocycles. The molecular formula is C10H17N5O3. The number of carbonyl (C=O) groups is 2. The van der Waals surface area contributed by atoms with Crippen molar-refractivity contribution in [1.29, 1.82) is 0 Å². The van der Waals surface area contributed by atoms with E-state index in [4.69, 9.17) is 5.11 Å². The van der Waals surface area contributed by atoms with Gasteiger partial charge in [0.15, 0.2) is 0 Å². The van der Waals surface area contributed by atoms with Gasteiger partial charge in [-0.05, 0) is 20.8 Å². The Hall–Kier alpha value is -2.12. The van der Waals surface area contributed by atoms with Crippen molar-refractivity contribution in [3.05, 3.63) is 12.2 Å². The Kier molecular flexibility index (Phi) is 4.24. The highest BCUT2D eigenvalue weighted by atomic mass is 16.4. The maximum Gasteiger partial charge on any atom is 0.323 e. The van der Waals surface area contributed by atoms with Gasteiger partial charge in [-0.1, -0.05) is 0 Å². The summed E-state index contributed by atoms with van der Waals surface area (Å²) in [6.07, 6.45) is 1.33. The summed E-state index contributed by atoms with van der Waals surface area (Å²) in [5.74, 6) is -0.549. The van der Waals surface area contributed by atoms with Crippen molar-refractivity contribution in [3.8, 4) is 0 Å². The fourth-order valence-electron chi connectivity index (χ4n) is 1.32. The van der Waals surface area contributed by atoms with Crippen LogP contribution in [0.25, 0.3) is 0 Å². The standard InChI is InChI=1S/C10H17N5O3/c1-10(2,3)15(5-8(16)17)9(18)11-4-7-12-6-13-14-7/h6H,4-5H2,1-3H3,(H,11,18)(H,16,17)(H,12,13,14). The van der Waals surface area contributed by atoms with Crippen molar-refractivity contribution in [2.24, 2.45) is 0 Å². The molecule has 1 aromatic heterocycles. The smallest absolute Gasteiger partial charge is 0.323 e. The third-order valence-electron chi connectivity index (χ3n) is 2.22. The van der Waals surface area contributed by atoms with Gasteiger partial charge in [-0.25, -0.2) is 9.78 Å². The first-order chi connectivity index (χ1) is 8.30. The molecule has 2 amide bonds. The van der Waals surface area contributed by atoms with Crippen LogP contribution in [0.3, 0.4) is 0 Å². The van der Waals surface area contributed by atoms with Crippen LogP contribution >= 0.6 is 0 Å². The van der Waals surface area contributed by atoms with E-state index in [9.17, 15) is 9.59 Å². The van der Waals surface area contributed by atoms with Gasteiger partial charge in [-0.3, -0.25) is 9.89 Å². The molecule has 0 fully saturated rings. The zero-order chi connectivity index (χ0) is 13.8. The SMILES string of the molecule is CC(C)(C)N(CC(=O)O)C(=O)NCc1ncn[nH]1. The fraction of sp³-hybridized carbons (Fsp3) is 0.600. The van der Waals surface area contributed by atoms with Crippen LogP contribution in [0.5, 0.6) is 0 Å². The number of hydrogen-bond donors (Lipinski definition) is 3. The minimum Gasteiger partial charge on any atom is -0.480 e. The van der Waals surface area contributed by atoms with Crippen LogP contribution in [0.1, 0.15) is 26.6 Å². The fourth-order valence-corrected chi connectivity index (χ4v) is 1.32. The van der Waals surface area contributed by atoms with E-state index >= 15 is 0 Å². The zero-order valence-electron chi connectivity index (χ0n) is 10.6. The molecule has 0 atom stereocenters. The highest BCUT2D eigenvalue weighted by Gasteiger charge is 2.28. The van der Waals surface area contributed by atoms with Gasteiger partial charge in [-0.15, -0.1) is 0 Å². The molecule has 0 saturated carbocycles. The van der Waals surface area contributed by atoms with Crippen molar-refractivity contribution >= 4 is 12.0 Å². The number of aromatic nitrogens is 3. The number of H-pyrrole nitrogens is 1. The lowest BCUT2D eigenvalue weighted by molar-refractivity contribution is -0.138. The molecular weight excluding hydrogens is 238 g/mol. The van der Waals surface area contributed by atoms with E-state index in [0.717, 1.165) is 0 Å². The summed E-state index contributed by atoms with van der Waals surface area (Å²) in [7, 11) is 0. The number of aromatic amines is 1. The number of hydrogen-bond acceptors (Lipinski definition) is 4. The average molecular weight is 255 g/mol. The molecule has 100 valence electrons. The van der Waals surface area contributed by atoms with Crippen LogP contribution in [0.15, 0.2) is 6.33 Å². The van der Waals surface area contributed by atoms with Crippen molar-refractivity contribution < 1.29 is 14.7 Å². The first-order valence-electron chi connectivity index (χ1n) is 5.42. The molecule has 3 N–H and O–H groups in total. The molecule has 8 heteroatoms. The minimum atomic E-state index is -1.06. The average Bonchev–Trinajstić information content (AvgIpc) is 2.73. The summed E-state index contributed by atoms with van der Waals surface area (Å²) in [4.78, 5) is 27.7. The summed E-state index contributed by atoms with van der Waals surface area (Å²) in [6, 6.07) is -0.457. The number of nitrogens with zero attached hydrogens (tertiary/aromatic N) is 3. The minimum absolute atomic E-state index is 0.172. The number of carboxylic acid groups (broad SMARTS) is 1. The maximum absolute atomic E-state index is 11.9. The molecule has 0 unspecified atom stereocenters. The molecule has 0 aliphatic carbocycles. The second-order valence-electron chi connectivity index (χ2n) is 4.74. The molecule has 1 rings (SSSR count). The predicted octanol–water partition coefficient (Wildman–Crippen LogP) is 0.199. The number of aliphatic carboxylic acids is 1. The third kappa shape index (κ3) is 4.04. The Bertz CT molecular complexity index is 410. The Morgan fingerprint density at radius 1 is 1.50 bits per heavy atom. The molecule has 0 saturated heterocycles. The number of amides is 2. The van der Waals surface area contributed by atoms with Gasteiger partial charge in [0.1, 0.15) is 18.7 Å². The molecule has 1 aromatic rings. The molecule has 0 bridgehead atoms. The topological polar surface area (TPSA) is 111 Å². The van der Waals surface area contributed by atoms with Crippen LogP contribution in [0, 0.1) is 0 Å². The van der Waals surface area contributed by atoms with Crippen LogP contribution in [0.4, 0.5) is 4.79 Å². The van der Waals surface area contributed by atoms with E-state index < -0.39 is 17.5 Å². The van der Waals surface area contributed by atoms with Crippen molar-refractivity contribution in [1.82, 2.24) is 25.4 Å². The summed E-state index contributed by atoms with van der Waals surface area (Å²) in [5.41, 5.74) is -0.579. The molecule has 0 radical (unpaired) electrons. The number of rotatable bonds is 4. The van der Waals surface area contributed by atoms with Gasteiger partial charge in [0.2, 0.25) is 0 Å². The van der Waals surface area contributed by atoms with E-state index in [1.54, 1.807) is 20.8 Å². The molecule has 18 heavy (non-hydrogen) atoms. The Morgan fingerprint density at radius 2 is 2.17 bits per heavy atom. The van der Waals surface area contributed by atoms with Crippen molar-refractivity contribution in [3.63, 3.8) is 0 Å². The van der Waals surface area contributed by atoms with E-state index in [2.05, 4.69) is 20.5 Å². The Morgan fingerprint density at radius 3 is 2.61 bits per heavy atom. The largest absolute Gasteiger partial charge is 0.480 e. The quantitative estimate of drug-likeness (QED) is 0.711. The predicted molar refractivity (Wildman–Crippen MR) is 62.7 cm³/mol. The van der Waals surface area contributed by atoms with Gasteiger partial charge < -0.3 is 15.3 Å². The normalized spacial score (nSPS) is 11.1. The van der Waals surface area contributed by atoms with Gasteiger partial charge in [0.05, 0.1) is 6.54 Å². The second-order valence-corrected chi connectivity index (χ2v) is 4.74. The highest BCUT2D eigenvalue weighted by molar-refractivity contribution is 5.80. The summed E-state index contributed by atoms with van der Waals surface area (Å²) in [6.45, 7) is 5.12. The third-order valence-corrected chi connectivity index (χ3v) is 2.22. The molecule has 0 aliphatic rings. The van der Waals surface area contributed by atoms with E-state index in [1.165, 1.54) is 11.2 Å². The summed E-state index contributed by atoms with van der Waals surface area (Å²) < 4.78 is 0. The van der Waals surface area contributed by atoms with Gasteiger partial charge in [0.25, 0.3) is 0 Å². The summed E-state index contributed by atoms with van der Waals surface area (Å²) in [5, 5.41) is 17.6. The molecule has 1 heterocycles. The Labute approximate surface area is 104 Å². The Balaban J connectivity index is 2.62. The van der Waals surface area contributed by atoms with Crippen LogP contribution in [-0.4, -0.2) is 49.3 Å². The molecule has 0 aromatic carbocycles. The van der Waals surface area contributed by atoms with E-state index in [0.29, 0.717) is 5.82 Å². The monoisotopic (exact) mass is 255 g/mol. The second kappa shape index (κ2) is 5.48. The first-order valence-corrected chi connectivity index (χ1v) is 5.42. The lowest BCUT2D eigenvalue weighted by atomic mass is 10.1. The number of carbonyl (C=O) groups excluding carboxylic acids is 1. The van der Waals surface area contributed by atoms with Crippen LogP contribution < -0.4 is 5.32 Å². The van der Waals surface area contributed by atoms with Gasteiger partial charge >= 0.3 is 12.0 Å². The van der Waals surface area contributed by atoms with Gasteiger partial charge in [0, 0.05) is 5.54 Å². The maximum atomic E-state index is 11.9. The number of nitrogens with one attached hydrogen (secondary N) is 2. The zero-order valence-corrected chi connectivity index (χ0v) is 10.6. The van der Waals surface area contributed by atoms with Crippen LogP contribution in [0.2, 0.25) is 0 Å². The number of carboxylic acids is 1. The number of urea groups is 1. The van der Waals surface area contributed by atoms with Gasteiger partial charge in [-0.2, -0.15) is 5.10 Å². The lowest BCUT2D eigenvalue weighted by Crippen LogP contribution is -2.52.